The van der Waals surface area contributed by atoms with E-state index >= 15 is 0 Å². The van der Waals surface area contributed by atoms with Gasteiger partial charge < -0.3 is 21.1 Å². The van der Waals surface area contributed by atoms with Crippen LogP contribution < -0.4 is 16.4 Å². The number of anilines is 1. The summed E-state index contributed by atoms with van der Waals surface area (Å²) in [5, 5.41) is 6.11. The zero-order valence-corrected chi connectivity index (χ0v) is 19.4. The molecule has 7 heteroatoms. The van der Waals surface area contributed by atoms with Crippen molar-refractivity contribution in [3.05, 3.63) is 64.7 Å². The summed E-state index contributed by atoms with van der Waals surface area (Å²) in [6.07, 6.45) is 5.72. The Bertz CT molecular complexity index is 910. The van der Waals surface area contributed by atoms with E-state index in [2.05, 4.69) is 27.8 Å². The second-order valence-electron chi connectivity index (χ2n) is 7.71. The molecule has 2 aromatic rings. The van der Waals surface area contributed by atoms with Gasteiger partial charge in [-0.05, 0) is 73.1 Å². The first-order valence-electron chi connectivity index (χ1n) is 10.3. The zero-order valence-electron chi connectivity index (χ0n) is 17.0. The lowest BCUT2D eigenvalue weighted by Crippen LogP contribution is -2.31. The minimum Gasteiger partial charge on any atom is -0.376 e. The van der Waals surface area contributed by atoms with Gasteiger partial charge in [-0.3, -0.25) is 4.79 Å². The fourth-order valence-electron chi connectivity index (χ4n) is 3.94. The van der Waals surface area contributed by atoms with Gasteiger partial charge in [-0.2, -0.15) is 0 Å². The van der Waals surface area contributed by atoms with Gasteiger partial charge in [0, 0.05) is 24.4 Å². The predicted molar refractivity (Wildman–Crippen MR) is 131 cm³/mol. The summed E-state index contributed by atoms with van der Waals surface area (Å²) >= 11 is 0. The monoisotopic (exact) mass is 520 g/mol. The summed E-state index contributed by atoms with van der Waals surface area (Å²) in [4.78, 5) is 16.8. The molecule has 4 rings (SSSR count). The smallest absolute Gasteiger partial charge is 0.251 e. The van der Waals surface area contributed by atoms with Gasteiger partial charge in [0.05, 0.1) is 12.6 Å². The first-order chi connectivity index (χ1) is 14.2. The Kier molecular flexibility index (Phi) is 8.09. The number of nitrogens with two attached hydrogens (primary N) is 1. The van der Waals surface area contributed by atoms with Crippen LogP contribution in [0.15, 0.2) is 47.5 Å². The van der Waals surface area contributed by atoms with E-state index in [-0.39, 0.29) is 36.0 Å². The molecular formula is C23H29IN4O2. The molecule has 0 spiro atoms. The maximum atomic E-state index is 12.4. The van der Waals surface area contributed by atoms with Crippen LogP contribution in [-0.2, 0) is 24.1 Å². The number of rotatable bonds is 6. The van der Waals surface area contributed by atoms with E-state index in [0.717, 1.165) is 43.5 Å². The van der Waals surface area contributed by atoms with Gasteiger partial charge in [-0.15, -0.1) is 24.0 Å². The maximum absolute atomic E-state index is 12.4. The van der Waals surface area contributed by atoms with Crippen LogP contribution in [0.25, 0.3) is 0 Å². The van der Waals surface area contributed by atoms with Crippen LogP contribution >= 0.6 is 24.0 Å². The van der Waals surface area contributed by atoms with Gasteiger partial charge in [0.1, 0.15) is 0 Å². The highest BCUT2D eigenvalue weighted by Crippen LogP contribution is 2.24. The zero-order chi connectivity index (χ0) is 20.1. The molecule has 1 heterocycles. The molecule has 1 aliphatic carbocycles. The van der Waals surface area contributed by atoms with Gasteiger partial charge in [0.2, 0.25) is 0 Å². The Hall–Kier alpha value is -2.13. The van der Waals surface area contributed by atoms with Crippen molar-refractivity contribution in [3.8, 4) is 0 Å². The molecule has 6 nitrogen and oxygen atoms in total. The third-order valence-corrected chi connectivity index (χ3v) is 5.51. The molecule has 0 saturated carbocycles. The highest BCUT2D eigenvalue weighted by molar-refractivity contribution is 14.0. The fourth-order valence-corrected chi connectivity index (χ4v) is 3.94. The molecule has 0 radical (unpaired) electrons. The summed E-state index contributed by atoms with van der Waals surface area (Å²) in [6.45, 7) is 1.75. The van der Waals surface area contributed by atoms with E-state index in [1.54, 1.807) is 0 Å². The lowest BCUT2D eigenvalue weighted by atomic mass is 10.1. The highest BCUT2D eigenvalue weighted by Gasteiger charge is 2.16. The van der Waals surface area contributed by atoms with E-state index < -0.39 is 0 Å². The molecule has 30 heavy (non-hydrogen) atoms. The van der Waals surface area contributed by atoms with E-state index in [0.29, 0.717) is 24.6 Å². The number of carbonyl (C=O) groups excluding carboxylic acids is 1. The number of nitrogens with zero attached hydrogens (tertiary/aromatic N) is 1. The number of hydrogen-bond acceptors (Lipinski definition) is 3. The Labute approximate surface area is 194 Å². The van der Waals surface area contributed by atoms with Crippen molar-refractivity contribution < 1.29 is 9.53 Å². The lowest BCUT2D eigenvalue weighted by Gasteiger charge is -2.11. The van der Waals surface area contributed by atoms with Crippen molar-refractivity contribution in [2.75, 3.05) is 18.5 Å². The van der Waals surface area contributed by atoms with Crippen LogP contribution in [0.2, 0.25) is 0 Å². The van der Waals surface area contributed by atoms with Crippen molar-refractivity contribution >= 4 is 41.5 Å². The lowest BCUT2D eigenvalue weighted by molar-refractivity contribution is 0.0857. The number of amides is 1. The number of benzene rings is 2. The molecular weight excluding hydrogens is 491 g/mol. The number of ether oxygens (including phenoxy) is 1. The van der Waals surface area contributed by atoms with Crippen molar-refractivity contribution in [3.63, 3.8) is 0 Å². The van der Waals surface area contributed by atoms with E-state index in [1.165, 1.54) is 17.5 Å². The average Bonchev–Trinajstić information content (AvgIpc) is 3.42. The summed E-state index contributed by atoms with van der Waals surface area (Å²) in [5.74, 6) is 0.284. The number of aryl methyl sites for hydroxylation is 2. The largest absolute Gasteiger partial charge is 0.376 e. The van der Waals surface area contributed by atoms with Gasteiger partial charge in [0.25, 0.3) is 5.91 Å². The number of carbonyl (C=O) groups is 1. The van der Waals surface area contributed by atoms with Crippen LogP contribution in [0, 0.1) is 0 Å². The maximum Gasteiger partial charge on any atom is 0.251 e. The van der Waals surface area contributed by atoms with Crippen molar-refractivity contribution in [1.82, 2.24) is 5.32 Å². The number of nitrogens with one attached hydrogen (secondary N) is 2. The molecule has 1 saturated heterocycles. The summed E-state index contributed by atoms with van der Waals surface area (Å²) in [7, 11) is 0. The minimum absolute atomic E-state index is 0. The van der Waals surface area contributed by atoms with Crippen LogP contribution in [0.5, 0.6) is 0 Å². The quantitative estimate of drug-likeness (QED) is 0.309. The van der Waals surface area contributed by atoms with Crippen molar-refractivity contribution in [2.24, 2.45) is 10.7 Å². The molecule has 2 aliphatic rings. The molecule has 4 N–H and O–H groups in total. The first kappa shape index (κ1) is 22.6. The molecule has 2 aromatic carbocycles. The standard InChI is InChI=1S/C23H28N4O2.HI/c24-23(27-20-10-9-17-5-2-6-18(17)13-20)26-14-16-4-1-7-19(12-16)22(28)25-15-21-8-3-11-29-21;/h1,4,7,9-10,12-13,21H,2-3,5-6,8,11,14-15H2,(H,25,28)(H3,24,26,27);1H. The fraction of sp³-hybridized carbons (Fsp3) is 0.391. The van der Waals surface area contributed by atoms with Crippen molar-refractivity contribution in [1.29, 1.82) is 0 Å². The molecule has 1 atom stereocenters. The third kappa shape index (κ3) is 5.95. The first-order valence-corrected chi connectivity index (χ1v) is 10.3. The molecule has 1 unspecified atom stereocenters. The second kappa shape index (κ2) is 10.8. The molecule has 0 aromatic heterocycles. The SMILES string of the molecule is I.NC(=NCc1cccc(C(=O)NCC2CCCO2)c1)Nc1ccc2c(c1)CCC2. The Morgan fingerprint density at radius 3 is 2.83 bits per heavy atom. The molecule has 0 bridgehead atoms. The van der Waals surface area contributed by atoms with Crippen molar-refractivity contribution in [2.45, 2.75) is 44.8 Å². The molecule has 1 aliphatic heterocycles. The van der Waals surface area contributed by atoms with Crippen LogP contribution in [0.4, 0.5) is 5.69 Å². The van der Waals surface area contributed by atoms with Crippen LogP contribution in [0.1, 0.15) is 46.3 Å². The van der Waals surface area contributed by atoms with E-state index in [1.807, 2.05) is 30.3 Å². The van der Waals surface area contributed by atoms with Crippen LogP contribution in [-0.4, -0.2) is 31.1 Å². The number of fused-ring (bicyclic) bond motifs is 1. The average molecular weight is 520 g/mol. The Balaban J connectivity index is 0.00000256. The molecule has 1 amide bonds. The molecule has 160 valence electrons. The Morgan fingerprint density at radius 1 is 1.13 bits per heavy atom. The normalized spacial score (nSPS) is 17.9. The number of hydrogen-bond donors (Lipinski definition) is 3. The minimum atomic E-state index is -0.0874. The summed E-state index contributed by atoms with van der Waals surface area (Å²) in [5.41, 5.74) is 11.4. The van der Waals surface area contributed by atoms with Gasteiger partial charge >= 0.3 is 0 Å². The molecule has 1 fully saturated rings. The predicted octanol–water partition coefficient (Wildman–Crippen LogP) is 3.63. The topological polar surface area (TPSA) is 88.7 Å². The van der Waals surface area contributed by atoms with E-state index in [4.69, 9.17) is 10.5 Å². The van der Waals surface area contributed by atoms with Gasteiger partial charge in [-0.1, -0.05) is 18.2 Å². The van der Waals surface area contributed by atoms with Gasteiger partial charge in [-0.25, -0.2) is 4.99 Å². The summed E-state index contributed by atoms with van der Waals surface area (Å²) < 4.78 is 5.55. The van der Waals surface area contributed by atoms with Gasteiger partial charge in [0.15, 0.2) is 5.96 Å². The number of halogens is 1. The second-order valence-corrected chi connectivity index (χ2v) is 7.71. The van der Waals surface area contributed by atoms with Crippen LogP contribution in [0.3, 0.4) is 0 Å². The number of aliphatic imine (C=N–C) groups is 1. The summed E-state index contributed by atoms with van der Waals surface area (Å²) in [6, 6.07) is 13.9. The third-order valence-electron chi connectivity index (χ3n) is 5.51. The Morgan fingerprint density at radius 2 is 2.00 bits per heavy atom. The highest BCUT2D eigenvalue weighted by atomic mass is 127. The number of guanidine groups is 1. The van der Waals surface area contributed by atoms with E-state index in [9.17, 15) is 4.79 Å².